The molecule has 1 aromatic rings. The molecule has 3 nitrogen and oxygen atoms in total. The van der Waals surface area contributed by atoms with Gasteiger partial charge in [-0.3, -0.25) is 0 Å². The molecule has 1 atom stereocenters. The van der Waals surface area contributed by atoms with Gasteiger partial charge in [0.05, 0.1) is 18.1 Å². The van der Waals surface area contributed by atoms with Crippen LogP contribution in [0.2, 0.25) is 0 Å². The number of aliphatic hydroxyl groups is 1. The summed E-state index contributed by atoms with van der Waals surface area (Å²) >= 11 is 0. The van der Waals surface area contributed by atoms with Crippen LogP contribution in [0.1, 0.15) is 24.8 Å². The Labute approximate surface area is 84.3 Å². The predicted octanol–water partition coefficient (Wildman–Crippen LogP) is 1.58. The third-order valence-electron chi connectivity index (χ3n) is 3.10. The highest BCUT2D eigenvalue weighted by Gasteiger charge is 2.31. The van der Waals surface area contributed by atoms with Crippen molar-refractivity contribution in [1.82, 2.24) is 4.90 Å². The topological polar surface area (TPSA) is 36.6 Å². The summed E-state index contributed by atoms with van der Waals surface area (Å²) in [6, 6.07) is 1.87. The first-order valence-corrected chi connectivity index (χ1v) is 5.14. The lowest BCUT2D eigenvalue weighted by atomic mass is 9.89. The first kappa shape index (κ1) is 9.74. The third-order valence-corrected chi connectivity index (χ3v) is 3.10. The molecule has 0 amide bonds. The molecule has 1 aliphatic heterocycles. The zero-order valence-corrected chi connectivity index (χ0v) is 8.57. The van der Waals surface area contributed by atoms with Crippen molar-refractivity contribution in [3.63, 3.8) is 0 Å². The summed E-state index contributed by atoms with van der Waals surface area (Å²) in [6.45, 7) is 2.02. The van der Waals surface area contributed by atoms with Crippen molar-refractivity contribution in [2.45, 2.75) is 24.9 Å². The van der Waals surface area contributed by atoms with Gasteiger partial charge < -0.3 is 14.4 Å². The first-order valence-electron chi connectivity index (χ1n) is 5.14. The van der Waals surface area contributed by atoms with Crippen LogP contribution in [0, 0.1) is 0 Å². The van der Waals surface area contributed by atoms with E-state index in [1.54, 1.807) is 12.5 Å². The normalized spacial score (nSPS) is 30.1. The smallest absolute Gasteiger partial charge is 0.0963 e. The van der Waals surface area contributed by atoms with Gasteiger partial charge in [0.15, 0.2) is 0 Å². The van der Waals surface area contributed by atoms with Crippen molar-refractivity contribution in [2.24, 2.45) is 0 Å². The molecular formula is C11H17NO2. The number of likely N-dealkylation sites (tertiary alicyclic amines) is 1. The van der Waals surface area contributed by atoms with E-state index in [-0.39, 0.29) is 0 Å². The maximum absolute atomic E-state index is 10.4. The lowest BCUT2D eigenvalue weighted by molar-refractivity contribution is 0.0213. The van der Waals surface area contributed by atoms with Crippen LogP contribution in [0.4, 0.5) is 0 Å². The highest BCUT2D eigenvalue weighted by Crippen LogP contribution is 2.32. The number of hydrogen-bond acceptors (Lipinski definition) is 3. The fourth-order valence-electron chi connectivity index (χ4n) is 2.07. The summed E-state index contributed by atoms with van der Waals surface area (Å²) in [5, 5.41) is 10.4. The molecule has 1 unspecified atom stereocenters. The van der Waals surface area contributed by atoms with Gasteiger partial charge in [0, 0.05) is 12.1 Å². The second kappa shape index (κ2) is 3.75. The van der Waals surface area contributed by atoms with E-state index in [9.17, 15) is 5.11 Å². The molecule has 0 aliphatic carbocycles. The van der Waals surface area contributed by atoms with Gasteiger partial charge in [-0.25, -0.2) is 0 Å². The van der Waals surface area contributed by atoms with Crippen LogP contribution in [-0.2, 0) is 5.60 Å². The molecule has 1 N–H and O–H groups in total. The van der Waals surface area contributed by atoms with Crippen molar-refractivity contribution in [3.8, 4) is 0 Å². The second-order valence-electron chi connectivity index (χ2n) is 4.20. The third kappa shape index (κ3) is 1.83. The van der Waals surface area contributed by atoms with Crippen LogP contribution < -0.4 is 0 Å². The summed E-state index contributed by atoms with van der Waals surface area (Å²) < 4.78 is 5.03. The quantitative estimate of drug-likeness (QED) is 0.739. The van der Waals surface area contributed by atoms with Crippen LogP contribution in [0.5, 0.6) is 0 Å². The second-order valence-corrected chi connectivity index (χ2v) is 4.20. The molecular weight excluding hydrogens is 178 g/mol. The molecule has 0 saturated carbocycles. The van der Waals surface area contributed by atoms with Crippen LogP contribution in [0.3, 0.4) is 0 Å². The van der Waals surface area contributed by atoms with Crippen LogP contribution in [-0.4, -0.2) is 30.1 Å². The van der Waals surface area contributed by atoms with Crippen LogP contribution >= 0.6 is 0 Å². The Morgan fingerprint density at radius 1 is 1.43 bits per heavy atom. The van der Waals surface area contributed by atoms with Crippen molar-refractivity contribution in [1.29, 1.82) is 0 Å². The molecule has 1 saturated heterocycles. The molecule has 14 heavy (non-hydrogen) atoms. The molecule has 78 valence electrons. The Bertz CT molecular complexity index is 283. The van der Waals surface area contributed by atoms with Crippen molar-refractivity contribution < 1.29 is 9.52 Å². The maximum Gasteiger partial charge on any atom is 0.0963 e. The van der Waals surface area contributed by atoms with Gasteiger partial charge in [0.25, 0.3) is 0 Å². The van der Waals surface area contributed by atoms with E-state index in [1.165, 1.54) is 0 Å². The Balaban J connectivity index is 2.15. The number of rotatable bonds is 1. The molecule has 1 aromatic heterocycles. The minimum absolute atomic E-state index is 0.669. The molecule has 0 radical (unpaired) electrons. The van der Waals surface area contributed by atoms with E-state index in [2.05, 4.69) is 11.9 Å². The maximum atomic E-state index is 10.4. The van der Waals surface area contributed by atoms with Gasteiger partial charge in [0.2, 0.25) is 0 Å². The van der Waals surface area contributed by atoms with Gasteiger partial charge in [-0.2, -0.15) is 0 Å². The van der Waals surface area contributed by atoms with Crippen molar-refractivity contribution in [2.75, 3.05) is 20.1 Å². The van der Waals surface area contributed by atoms with E-state index in [0.717, 1.165) is 37.9 Å². The molecule has 3 heteroatoms. The predicted molar refractivity (Wildman–Crippen MR) is 54.0 cm³/mol. The highest BCUT2D eigenvalue weighted by atomic mass is 16.3. The van der Waals surface area contributed by atoms with Gasteiger partial charge in [-0.05, 0) is 38.9 Å². The monoisotopic (exact) mass is 195 g/mol. The van der Waals surface area contributed by atoms with Gasteiger partial charge in [0.1, 0.15) is 0 Å². The minimum Gasteiger partial charge on any atom is -0.472 e. The first-order chi connectivity index (χ1) is 6.71. The molecule has 0 bridgehead atoms. The minimum atomic E-state index is -0.669. The fraction of sp³-hybridized carbons (Fsp3) is 0.636. The summed E-state index contributed by atoms with van der Waals surface area (Å²) in [5.74, 6) is 0. The SMILES string of the molecule is CN1CCCC(O)(c2ccoc2)CC1. The Kier molecular flexibility index (Phi) is 2.61. The lowest BCUT2D eigenvalue weighted by Crippen LogP contribution is -2.27. The van der Waals surface area contributed by atoms with Gasteiger partial charge >= 0.3 is 0 Å². The Morgan fingerprint density at radius 2 is 2.29 bits per heavy atom. The van der Waals surface area contributed by atoms with Crippen molar-refractivity contribution in [3.05, 3.63) is 24.2 Å². The molecule has 1 fully saturated rings. The van der Waals surface area contributed by atoms with Gasteiger partial charge in [-0.1, -0.05) is 0 Å². The zero-order valence-electron chi connectivity index (χ0n) is 8.57. The summed E-state index contributed by atoms with van der Waals surface area (Å²) in [5.41, 5.74) is 0.255. The molecule has 0 aromatic carbocycles. The molecule has 0 spiro atoms. The number of hydrogen-bond donors (Lipinski definition) is 1. The molecule has 1 aliphatic rings. The van der Waals surface area contributed by atoms with Crippen LogP contribution in [0.15, 0.2) is 23.0 Å². The molecule has 2 heterocycles. The highest BCUT2D eigenvalue weighted by molar-refractivity contribution is 5.16. The Hall–Kier alpha value is -0.800. The molecule has 2 rings (SSSR count). The van der Waals surface area contributed by atoms with E-state index in [1.807, 2.05) is 6.07 Å². The van der Waals surface area contributed by atoms with Crippen LogP contribution in [0.25, 0.3) is 0 Å². The largest absolute Gasteiger partial charge is 0.472 e. The van der Waals surface area contributed by atoms with E-state index < -0.39 is 5.60 Å². The number of nitrogens with zero attached hydrogens (tertiary/aromatic N) is 1. The summed E-state index contributed by atoms with van der Waals surface area (Å²) in [6.07, 6.45) is 5.95. The van der Waals surface area contributed by atoms with E-state index >= 15 is 0 Å². The fourth-order valence-corrected chi connectivity index (χ4v) is 2.07. The van der Waals surface area contributed by atoms with Crippen molar-refractivity contribution >= 4 is 0 Å². The van der Waals surface area contributed by atoms with Gasteiger partial charge in [-0.15, -0.1) is 0 Å². The summed E-state index contributed by atoms with van der Waals surface area (Å²) in [4.78, 5) is 2.26. The zero-order chi connectivity index (χ0) is 10.0. The standard InChI is InChI=1S/C11H17NO2/c1-12-6-2-4-11(13,5-7-12)10-3-8-14-9-10/h3,8-9,13H,2,4-7H2,1H3. The van der Waals surface area contributed by atoms with E-state index in [0.29, 0.717) is 0 Å². The Morgan fingerprint density at radius 3 is 3.00 bits per heavy atom. The van der Waals surface area contributed by atoms with E-state index in [4.69, 9.17) is 4.42 Å². The average molecular weight is 195 g/mol. The average Bonchev–Trinajstić information content (AvgIpc) is 2.63. The lowest BCUT2D eigenvalue weighted by Gasteiger charge is -2.25. The number of furan rings is 1. The summed E-state index contributed by atoms with van der Waals surface area (Å²) in [7, 11) is 2.10.